The summed E-state index contributed by atoms with van der Waals surface area (Å²) in [4.78, 5) is 0. The van der Waals surface area contributed by atoms with Crippen molar-refractivity contribution in [3.63, 3.8) is 0 Å². The van der Waals surface area contributed by atoms with E-state index in [1.54, 1.807) is 7.11 Å². The summed E-state index contributed by atoms with van der Waals surface area (Å²) < 4.78 is 10.5. The van der Waals surface area contributed by atoms with Crippen LogP contribution in [0.5, 0.6) is 5.75 Å². The molecule has 0 amide bonds. The molecular formula is C11H18ClNO2. The smallest absolute Gasteiger partial charge is 0.124 e. The molecule has 0 saturated heterocycles. The van der Waals surface area contributed by atoms with Gasteiger partial charge in [-0.25, -0.2) is 0 Å². The Kier molecular flexibility index (Phi) is 7.13. The second kappa shape index (κ2) is 7.51. The fourth-order valence-corrected chi connectivity index (χ4v) is 1.20. The summed E-state index contributed by atoms with van der Waals surface area (Å²) in [5.41, 5.74) is 7.80. The molecule has 2 N–H and O–H groups in total. The van der Waals surface area contributed by atoms with Gasteiger partial charge in [0.25, 0.3) is 0 Å². The summed E-state index contributed by atoms with van der Waals surface area (Å²) in [7, 11) is 1.66. The number of aryl methyl sites for hydroxylation is 1. The van der Waals surface area contributed by atoms with Gasteiger partial charge in [-0.2, -0.15) is 0 Å². The molecule has 4 heteroatoms. The number of benzene rings is 1. The Labute approximate surface area is 97.0 Å². The number of hydrogen-bond donors (Lipinski definition) is 1. The summed E-state index contributed by atoms with van der Waals surface area (Å²) in [6.45, 7) is 3.69. The van der Waals surface area contributed by atoms with E-state index in [1.807, 2.05) is 25.1 Å². The number of rotatable bonds is 5. The highest BCUT2D eigenvalue weighted by Gasteiger charge is 2.01. The molecule has 0 bridgehead atoms. The first-order valence-corrected chi connectivity index (χ1v) is 4.69. The molecule has 15 heavy (non-hydrogen) atoms. The van der Waals surface area contributed by atoms with Crippen LogP contribution < -0.4 is 10.5 Å². The third-order valence-corrected chi connectivity index (χ3v) is 1.99. The van der Waals surface area contributed by atoms with Crippen molar-refractivity contribution in [3.05, 3.63) is 29.3 Å². The van der Waals surface area contributed by atoms with Gasteiger partial charge in [0, 0.05) is 19.2 Å². The maximum Gasteiger partial charge on any atom is 0.124 e. The first-order chi connectivity index (χ1) is 6.77. The van der Waals surface area contributed by atoms with E-state index < -0.39 is 0 Å². The zero-order chi connectivity index (χ0) is 10.4. The molecule has 0 aliphatic heterocycles. The van der Waals surface area contributed by atoms with Gasteiger partial charge in [0.15, 0.2) is 0 Å². The van der Waals surface area contributed by atoms with Gasteiger partial charge in [-0.3, -0.25) is 0 Å². The van der Waals surface area contributed by atoms with Crippen LogP contribution in [0.2, 0.25) is 0 Å². The van der Waals surface area contributed by atoms with Gasteiger partial charge in [0.2, 0.25) is 0 Å². The van der Waals surface area contributed by atoms with Gasteiger partial charge in [-0.15, -0.1) is 12.4 Å². The maximum absolute atomic E-state index is 5.59. The molecule has 0 aliphatic carbocycles. The molecule has 1 aromatic carbocycles. The van der Waals surface area contributed by atoms with E-state index in [4.69, 9.17) is 15.2 Å². The molecule has 86 valence electrons. The highest BCUT2D eigenvalue weighted by Crippen LogP contribution is 2.19. The predicted octanol–water partition coefficient (Wildman–Crippen LogP) is 1.90. The average Bonchev–Trinajstić information content (AvgIpc) is 2.19. The van der Waals surface area contributed by atoms with Crippen LogP contribution in [-0.2, 0) is 11.3 Å². The van der Waals surface area contributed by atoms with E-state index >= 15 is 0 Å². The Morgan fingerprint density at radius 3 is 2.60 bits per heavy atom. The van der Waals surface area contributed by atoms with E-state index in [0.717, 1.165) is 11.3 Å². The molecule has 0 heterocycles. The number of halogens is 1. The lowest BCUT2D eigenvalue weighted by molar-refractivity contribution is 0.145. The highest BCUT2D eigenvalue weighted by molar-refractivity contribution is 5.85. The molecule has 3 nitrogen and oxygen atoms in total. The normalized spacial score (nSPS) is 9.53. The zero-order valence-corrected chi connectivity index (χ0v) is 9.97. The second-order valence-corrected chi connectivity index (χ2v) is 3.16. The Bertz CT molecular complexity index is 292. The van der Waals surface area contributed by atoms with E-state index in [0.29, 0.717) is 19.8 Å². The van der Waals surface area contributed by atoms with Gasteiger partial charge >= 0.3 is 0 Å². The largest absolute Gasteiger partial charge is 0.491 e. The molecule has 0 aromatic heterocycles. The Morgan fingerprint density at radius 2 is 2.00 bits per heavy atom. The van der Waals surface area contributed by atoms with Crippen molar-refractivity contribution < 1.29 is 9.47 Å². The number of nitrogens with two attached hydrogens (primary N) is 1. The van der Waals surface area contributed by atoms with Gasteiger partial charge in [0.1, 0.15) is 12.4 Å². The monoisotopic (exact) mass is 231 g/mol. The molecule has 1 aromatic rings. The van der Waals surface area contributed by atoms with Crippen molar-refractivity contribution in [2.75, 3.05) is 20.3 Å². The molecule has 0 atom stereocenters. The fraction of sp³-hybridized carbons (Fsp3) is 0.455. The number of methoxy groups -OCH3 is 1. The third-order valence-electron chi connectivity index (χ3n) is 1.99. The lowest BCUT2D eigenvalue weighted by Gasteiger charge is -2.10. The Morgan fingerprint density at radius 1 is 1.27 bits per heavy atom. The maximum atomic E-state index is 5.59. The van der Waals surface area contributed by atoms with E-state index in [-0.39, 0.29) is 12.4 Å². The van der Waals surface area contributed by atoms with Crippen molar-refractivity contribution in [1.82, 2.24) is 0 Å². The molecule has 0 fully saturated rings. The Balaban J connectivity index is 0.00000196. The summed E-state index contributed by atoms with van der Waals surface area (Å²) in [5, 5.41) is 0. The summed E-state index contributed by atoms with van der Waals surface area (Å²) in [5.74, 6) is 0.865. The SMILES string of the molecule is COCCOc1cc(C)ccc1CN.Cl. The minimum Gasteiger partial charge on any atom is -0.491 e. The molecule has 0 radical (unpaired) electrons. The minimum atomic E-state index is 0. The quantitative estimate of drug-likeness (QED) is 0.788. The van der Waals surface area contributed by atoms with Gasteiger partial charge < -0.3 is 15.2 Å². The van der Waals surface area contributed by atoms with Crippen molar-refractivity contribution in [2.24, 2.45) is 5.73 Å². The first-order valence-electron chi connectivity index (χ1n) is 4.69. The van der Waals surface area contributed by atoms with E-state index in [9.17, 15) is 0 Å². The van der Waals surface area contributed by atoms with Crippen molar-refractivity contribution in [3.8, 4) is 5.75 Å². The second-order valence-electron chi connectivity index (χ2n) is 3.16. The summed E-state index contributed by atoms with van der Waals surface area (Å²) in [6, 6.07) is 6.03. The van der Waals surface area contributed by atoms with Crippen LogP contribution in [0.3, 0.4) is 0 Å². The first kappa shape index (κ1) is 14.2. The molecular weight excluding hydrogens is 214 g/mol. The van der Waals surface area contributed by atoms with Crippen LogP contribution in [0.25, 0.3) is 0 Å². The molecule has 0 aliphatic rings. The standard InChI is InChI=1S/C11H17NO2.ClH/c1-9-3-4-10(8-12)11(7-9)14-6-5-13-2;/h3-4,7H,5-6,8,12H2,1-2H3;1H. The highest BCUT2D eigenvalue weighted by atomic mass is 35.5. The minimum absolute atomic E-state index is 0. The van der Waals surface area contributed by atoms with Crippen LogP contribution in [0.4, 0.5) is 0 Å². The molecule has 0 spiro atoms. The van der Waals surface area contributed by atoms with Gasteiger partial charge in [0.05, 0.1) is 6.61 Å². The molecule has 0 unspecified atom stereocenters. The van der Waals surface area contributed by atoms with Crippen LogP contribution in [-0.4, -0.2) is 20.3 Å². The number of ether oxygens (including phenoxy) is 2. The van der Waals surface area contributed by atoms with Crippen LogP contribution >= 0.6 is 12.4 Å². The molecule has 1 rings (SSSR count). The average molecular weight is 232 g/mol. The van der Waals surface area contributed by atoms with Gasteiger partial charge in [-0.1, -0.05) is 12.1 Å². The molecule has 0 saturated carbocycles. The van der Waals surface area contributed by atoms with E-state index in [2.05, 4.69) is 0 Å². The predicted molar refractivity (Wildman–Crippen MR) is 63.7 cm³/mol. The van der Waals surface area contributed by atoms with Crippen LogP contribution in [0.1, 0.15) is 11.1 Å². The number of hydrogen-bond acceptors (Lipinski definition) is 3. The van der Waals surface area contributed by atoms with Gasteiger partial charge in [-0.05, 0) is 18.6 Å². The topological polar surface area (TPSA) is 44.5 Å². The fourth-order valence-electron chi connectivity index (χ4n) is 1.20. The van der Waals surface area contributed by atoms with Crippen LogP contribution in [0.15, 0.2) is 18.2 Å². The van der Waals surface area contributed by atoms with Crippen molar-refractivity contribution in [1.29, 1.82) is 0 Å². The van der Waals surface area contributed by atoms with Crippen molar-refractivity contribution in [2.45, 2.75) is 13.5 Å². The Hall–Kier alpha value is -0.770. The lowest BCUT2D eigenvalue weighted by atomic mass is 10.1. The third kappa shape index (κ3) is 4.51. The summed E-state index contributed by atoms with van der Waals surface area (Å²) >= 11 is 0. The summed E-state index contributed by atoms with van der Waals surface area (Å²) in [6.07, 6.45) is 0. The van der Waals surface area contributed by atoms with Crippen molar-refractivity contribution >= 4 is 12.4 Å². The lowest BCUT2D eigenvalue weighted by Crippen LogP contribution is -2.07. The van der Waals surface area contributed by atoms with Crippen LogP contribution in [0, 0.1) is 6.92 Å². The van der Waals surface area contributed by atoms with E-state index in [1.165, 1.54) is 5.56 Å². The zero-order valence-electron chi connectivity index (χ0n) is 9.16.